The van der Waals surface area contributed by atoms with Gasteiger partial charge in [-0.1, -0.05) is 27.2 Å². The van der Waals surface area contributed by atoms with E-state index in [4.69, 9.17) is 0 Å². The molecule has 1 atom stereocenters. The lowest BCUT2D eigenvalue weighted by molar-refractivity contribution is -0.126. The average molecular weight is 197 g/mol. The minimum absolute atomic E-state index is 0.154. The summed E-state index contributed by atoms with van der Waals surface area (Å²) in [5.74, 6) is 0.922. The van der Waals surface area contributed by atoms with Gasteiger partial charge in [-0.25, -0.2) is 0 Å². The second-order valence-electron chi connectivity index (χ2n) is 4.88. The van der Waals surface area contributed by atoms with Crippen LogP contribution in [0.15, 0.2) is 0 Å². The van der Waals surface area contributed by atoms with Gasteiger partial charge in [0.25, 0.3) is 0 Å². The Kier molecular flexibility index (Phi) is 4.11. The quantitative estimate of drug-likeness (QED) is 0.733. The van der Waals surface area contributed by atoms with Crippen molar-refractivity contribution in [2.75, 3.05) is 6.54 Å². The molecule has 1 unspecified atom stereocenters. The highest BCUT2D eigenvalue weighted by molar-refractivity contribution is 5.88. The lowest BCUT2D eigenvalue weighted by atomic mass is 9.83. The molecule has 0 saturated carbocycles. The second-order valence-corrected chi connectivity index (χ2v) is 4.88. The van der Waals surface area contributed by atoms with Crippen molar-refractivity contribution < 1.29 is 4.79 Å². The first-order chi connectivity index (χ1) is 6.60. The molecule has 1 rings (SSSR count). The molecule has 1 aliphatic rings. The summed E-state index contributed by atoms with van der Waals surface area (Å²) in [4.78, 5) is 12.1. The van der Waals surface area contributed by atoms with Crippen molar-refractivity contribution in [1.29, 1.82) is 0 Å². The third-order valence-corrected chi connectivity index (χ3v) is 3.05. The van der Waals surface area contributed by atoms with Gasteiger partial charge in [-0.2, -0.15) is 0 Å². The van der Waals surface area contributed by atoms with Crippen LogP contribution in [0.3, 0.4) is 0 Å². The number of nitrogens with one attached hydrogen (secondary N) is 1. The first-order valence-corrected chi connectivity index (χ1v) is 5.89. The van der Waals surface area contributed by atoms with Gasteiger partial charge in [0.05, 0.1) is 5.54 Å². The minimum atomic E-state index is -0.154. The predicted molar refractivity (Wildman–Crippen MR) is 59.3 cm³/mol. The molecule has 1 aliphatic heterocycles. The van der Waals surface area contributed by atoms with Crippen molar-refractivity contribution in [3.8, 4) is 0 Å². The van der Waals surface area contributed by atoms with E-state index < -0.39 is 0 Å². The Hall–Kier alpha value is -0.370. The summed E-state index contributed by atoms with van der Waals surface area (Å²) < 4.78 is 0. The van der Waals surface area contributed by atoms with Gasteiger partial charge in [0.15, 0.2) is 5.78 Å². The van der Waals surface area contributed by atoms with Crippen LogP contribution in [0.4, 0.5) is 0 Å². The zero-order valence-electron chi connectivity index (χ0n) is 9.73. The molecule has 0 spiro atoms. The molecule has 1 heterocycles. The number of carbonyl (C=O) groups is 1. The molecule has 1 saturated heterocycles. The van der Waals surface area contributed by atoms with Gasteiger partial charge in [-0.05, 0) is 31.7 Å². The van der Waals surface area contributed by atoms with E-state index in [1.807, 2.05) is 0 Å². The number of Topliss-reactive ketones (excluding diaryl/α,β-unsaturated/α-hetero) is 1. The highest BCUT2D eigenvalue weighted by atomic mass is 16.1. The molecule has 82 valence electrons. The van der Waals surface area contributed by atoms with Crippen LogP contribution in [0.2, 0.25) is 0 Å². The summed E-state index contributed by atoms with van der Waals surface area (Å²) in [5, 5.41) is 3.43. The molecular weight excluding hydrogens is 174 g/mol. The fraction of sp³-hybridized carbons (Fsp3) is 0.917. The van der Waals surface area contributed by atoms with Gasteiger partial charge in [0.1, 0.15) is 0 Å². The fourth-order valence-corrected chi connectivity index (χ4v) is 2.39. The number of hydrogen-bond donors (Lipinski definition) is 1. The Bertz CT molecular complexity index is 192. The van der Waals surface area contributed by atoms with Crippen molar-refractivity contribution >= 4 is 5.78 Å². The minimum Gasteiger partial charge on any atom is -0.305 e. The van der Waals surface area contributed by atoms with Gasteiger partial charge in [0, 0.05) is 6.42 Å². The molecule has 0 aromatic carbocycles. The van der Waals surface area contributed by atoms with Gasteiger partial charge >= 0.3 is 0 Å². The second kappa shape index (κ2) is 4.92. The van der Waals surface area contributed by atoms with E-state index in [1.54, 1.807) is 0 Å². The first kappa shape index (κ1) is 11.7. The summed E-state index contributed by atoms with van der Waals surface area (Å²) in [7, 11) is 0. The van der Waals surface area contributed by atoms with E-state index in [9.17, 15) is 4.79 Å². The Morgan fingerprint density at radius 2 is 2.21 bits per heavy atom. The first-order valence-electron chi connectivity index (χ1n) is 5.89. The maximum atomic E-state index is 12.1. The van der Waals surface area contributed by atoms with Crippen molar-refractivity contribution in [2.24, 2.45) is 5.92 Å². The van der Waals surface area contributed by atoms with Crippen LogP contribution in [-0.4, -0.2) is 17.9 Å². The zero-order chi connectivity index (χ0) is 10.6. The average Bonchev–Trinajstić information content (AvgIpc) is 2.53. The smallest absolute Gasteiger partial charge is 0.153 e. The Balaban J connectivity index is 2.62. The van der Waals surface area contributed by atoms with Gasteiger partial charge in [-0.3, -0.25) is 4.79 Å². The SMILES string of the molecule is CCCC1(C(=O)CC(C)C)CCCN1. The zero-order valence-corrected chi connectivity index (χ0v) is 9.73. The molecule has 1 N–H and O–H groups in total. The predicted octanol–water partition coefficient (Wildman–Crippen LogP) is 2.52. The van der Waals surface area contributed by atoms with Crippen molar-refractivity contribution in [3.63, 3.8) is 0 Å². The highest BCUT2D eigenvalue weighted by Gasteiger charge is 2.39. The molecule has 0 radical (unpaired) electrons. The van der Waals surface area contributed by atoms with Crippen LogP contribution < -0.4 is 5.32 Å². The van der Waals surface area contributed by atoms with Crippen LogP contribution in [-0.2, 0) is 4.79 Å². The fourth-order valence-electron chi connectivity index (χ4n) is 2.39. The highest BCUT2D eigenvalue weighted by Crippen LogP contribution is 2.28. The molecule has 0 amide bonds. The van der Waals surface area contributed by atoms with E-state index in [1.165, 1.54) is 0 Å². The van der Waals surface area contributed by atoms with Crippen molar-refractivity contribution in [3.05, 3.63) is 0 Å². The maximum absolute atomic E-state index is 12.1. The normalized spacial score (nSPS) is 27.1. The topological polar surface area (TPSA) is 29.1 Å². The number of ketones is 1. The van der Waals surface area contributed by atoms with Crippen LogP contribution >= 0.6 is 0 Å². The van der Waals surface area contributed by atoms with E-state index >= 15 is 0 Å². The van der Waals surface area contributed by atoms with Crippen LogP contribution in [0.1, 0.15) is 52.9 Å². The van der Waals surface area contributed by atoms with Gasteiger partial charge in [-0.15, -0.1) is 0 Å². The molecule has 2 nitrogen and oxygen atoms in total. The summed E-state index contributed by atoms with van der Waals surface area (Å²) in [6.45, 7) is 7.41. The summed E-state index contributed by atoms with van der Waals surface area (Å²) in [6, 6.07) is 0. The summed E-state index contributed by atoms with van der Waals surface area (Å²) >= 11 is 0. The third kappa shape index (κ3) is 2.57. The summed E-state index contributed by atoms with van der Waals surface area (Å²) in [6.07, 6.45) is 5.04. The van der Waals surface area contributed by atoms with Crippen molar-refractivity contribution in [1.82, 2.24) is 5.32 Å². The van der Waals surface area contributed by atoms with Crippen LogP contribution in [0.25, 0.3) is 0 Å². The Labute approximate surface area is 87.5 Å². The van der Waals surface area contributed by atoms with Gasteiger partial charge in [0.2, 0.25) is 0 Å². The number of rotatable bonds is 5. The number of carbonyl (C=O) groups excluding carboxylic acids is 1. The van der Waals surface area contributed by atoms with E-state index in [-0.39, 0.29) is 5.54 Å². The molecule has 14 heavy (non-hydrogen) atoms. The molecule has 0 aliphatic carbocycles. The van der Waals surface area contributed by atoms with E-state index in [0.29, 0.717) is 11.7 Å². The largest absolute Gasteiger partial charge is 0.305 e. The molecule has 0 bridgehead atoms. The van der Waals surface area contributed by atoms with E-state index in [2.05, 4.69) is 26.1 Å². The lowest BCUT2D eigenvalue weighted by Crippen LogP contribution is -2.47. The molecule has 1 fully saturated rings. The Morgan fingerprint density at radius 3 is 2.64 bits per heavy atom. The van der Waals surface area contributed by atoms with Crippen LogP contribution in [0, 0.1) is 5.92 Å². The Morgan fingerprint density at radius 1 is 1.50 bits per heavy atom. The monoisotopic (exact) mass is 197 g/mol. The van der Waals surface area contributed by atoms with E-state index in [0.717, 1.165) is 38.6 Å². The lowest BCUT2D eigenvalue weighted by Gasteiger charge is -2.28. The van der Waals surface area contributed by atoms with Gasteiger partial charge < -0.3 is 5.32 Å². The number of hydrogen-bond acceptors (Lipinski definition) is 2. The standard InChI is InChI=1S/C12H23NO/c1-4-6-12(7-5-8-13-12)11(14)9-10(2)3/h10,13H,4-9H2,1-3H3. The van der Waals surface area contributed by atoms with Crippen LogP contribution in [0.5, 0.6) is 0 Å². The molecule has 2 heteroatoms. The molecular formula is C12H23NO. The molecule has 0 aromatic rings. The summed E-state index contributed by atoms with van der Waals surface area (Å²) in [5.41, 5.74) is -0.154. The molecule has 0 aromatic heterocycles. The third-order valence-electron chi connectivity index (χ3n) is 3.05. The maximum Gasteiger partial charge on any atom is 0.153 e. The van der Waals surface area contributed by atoms with Crippen molar-refractivity contribution in [2.45, 2.75) is 58.4 Å².